The van der Waals surface area contributed by atoms with E-state index in [0.29, 0.717) is 11.3 Å². The molecule has 0 aromatic carbocycles. The molecule has 6 nitrogen and oxygen atoms in total. The normalized spacial score (nSPS) is 21.5. The van der Waals surface area contributed by atoms with Gasteiger partial charge in [-0.25, -0.2) is 4.79 Å². The number of pyridine rings is 1. The lowest BCUT2D eigenvalue weighted by molar-refractivity contribution is -0.139. The first-order valence-electron chi connectivity index (χ1n) is 6.53. The fourth-order valence-electron chi connectivity index (χ4n) is 2.35. The lowest BCUT2D eigenvalue weighted by Crippen LogP contribution is -2.33. The van der Waals surface area contributed by atoms with E-state index in [9.17, 15) is 10.1 Å². The van der Waals surface area contributed by atoms with Crippen molar-refractivity contribution in [3.8, 4) is 6.07 Å². The van der Waals surface area contributed by atoms with Crippen LogP contribution < -0.4 is 0 Å². The van der Waals surface area contributed by atoms with Crippen LogP contribution in [0.2, 0.25) is 0 Å². The van der Waals surface area contributed by atoms with E-state index in [1.54, 1.807) is 38.4 Å². The lowest BCUT2D eigenvalue weighted by Gasteiger charge is -2.30. The first kappa shape index (κ1) is 14.7. The van der Waals surface area contributed by atoms with Crippen LogP contribution in [0.1, 0.15) is 25.3 Å². The summed E-state index contributed by atoms with van der Waals surface area (Å²) in [6.07, 6.45) is 3.19. The van der Waals surface area contributed by atoms with E-state index in [1.165, 1.54) is 0 Å². The van der Waals surface area contributed by atoms with Gasteiger partial charge >= 0.3 is 5.97 Å². The van der Waals surface area contributed by atoms with Gasteiger partial charge in [-0.3, -0.25) is 10.4 Å². The van der Waals surface area contributed by atoms with Crippen molar-refractivity contribution >= 4 is 11.9 Å². The van der Waals surface area contributed by atoms with Gasteiger partial charge in [-0.2, -0.15) is 5.26 Å². The van der Waals surface area contributed by atoms with Crippen molar-refractivity contribution in [2.24, 2.45) is 5.92 Å². The number of allylic oxidation sites excluding steroid dienone is 1. The molecule has 108 valence electrons. The summed E-state index contributed by atoms with van der Waals surface area (Å²) in [5, 5.41) is 17.2. The fraction of sp³-hybridized carbons (Fsp3) is 0.333. The van der Waals surface area contributed by atoms with E-state index in [-0.39, 0.29) is 18.1 Å². The molecule has 2 rings (SSSR count). The Balaban J connectivity index is 2.56. The van der Waals surface area contributed by atoms with Gasteiger partial charge in [0.2, 0.25) is 5.90 Å². The van der Waals surface area contributed by atoms with Crippen molar-refractivity contribution in [3.05, 3.63) is 41.4 Å². The Bertz CT molecular complexity index is 631. The van der Waals surface area contributed by atoms with Crippen molar-refractivity contribution in [3.63, 3.8) is 0 Å². The Hall–Kier alpha value is -2.68. The van der Waals surface area contributed by atoms with Gasteiger partial charge in [0.05, 0.1) is 18.2 Å². The zero-order chi connectivity index (χ0) is 15.4. The Morgan fingerprint density at radius 2 is 2.38 bits per heavy atom. The van der Waals surface area contributed by atoms with Crippen molar-refractivity contribution in [1.82, 2.24) is 4.98 Å². The van der Waals surface area contributed by atoms with Gasteiger partial charge in [0.15, 0.2) is 0 Å². The number of carbonyl (C=O) groups excluding carboxylic acids is 1. The van der Waals surface area contributed by atoms with Gasteiger partial charge in [0.25, 0.3) is 0 Å². The second-order valence-electron chi connectivity index (χ2n) is 4.53. The number of nitriles is 1. The van der Waals surface area contributed by atoms with Crippen LogP contribution >= 0.6 is 0 Å². The molecule has 0 spiro atoms. The van der Waals surface area contributed by atoms with Crippen LogP contribution in [0.25, 0.3) is 0 Å². The second kappa shape index (κ2) is 6.18. The minimum Gasteiger partial charge on any atom is -0.463 e. The molecule has 1 aliphatic rings. The summed E-state index contributed by atoms with van der Waals surface area (Å²) in [5.41, 5.74) is 0.951. The third kappa shape index (κ3) is 2.77. The maximum absolute atomic E-state index is 12.2. The maximum Gasteiger partial charge on any atom is 0.338 e. The number of rotatable bonds is 3. The molecule has 0 bridgehead atoms. The topological polar surface area (TPSA) is 96.1 Å². The van der Waals surface area contributed by atoms with Crippen LogP contribution in [0.5, 0.6) is 0 Å². The zero-order valence-electron chi connectivity index (χ0n) is 11.8. The number of nitrogens with zero attached hydrogens (tertiary/aromatic N) is 2. The largest absolute Gasteiger partial charge is 0.463 e. The highest BCUT2D eigenvalue weighted by molar-refractivity contribution is 5.95. The summed E-state index contributed by atoms with van der Waals surface area (Å²) in [6.45, 7) is 3.53. The van der Waals surface area contributed by atoms with Gasteiger partial charge in [-0.15, -0.1) is 0 Å². The van der Waals surface area contributed by atoms with Crippen LogP contribution in [0.15, 0.2) is 35.9 Å². The lowest BCUT2D eigenvalue weighted by atomic mass is 9.79. The molecular weight excluding hydrogens is 270 g/mol. The molecule has 0 amide bonds. The third-order valence-corrected chi connectivity index (χ3v) is 3.25. The van der Waals surface area contributed by atoms with Crippen LogP contribution in [-0.2, 0) is 14.3 Å². The quantitative estimate of drug-likeness (QED) is 0.858. The second-order valence-corrected chi connectivity index (χ2v) is 4.53. The average molecular weight is 285 g/mol. The molecule has 0 fully saturated rings. The minimum absolute atomic E-state index is 0.170. The summed E-state index contributed by atoms with van der Waals surface area (Å²) in [5.74, 6) is -1.89. The molecule has 2 unspecified atom stereocenters. The number of nitrogens with one attached hydrogen (secondary N) is 1. The van der Waals surface area contributed by atoms with E-state index in [2.05, 4.69) is 4.98 Å². The summed E-state index contributed by atoms with van der Waals surface area (Å²) in [6, 6.07) is 5.52. The first-order valence-corrected chi connectivity index (χ1v) is 6.53. The molecule has 0 aliphatic carbocycles. The Morgan fingerprint density at radius 1 is 1.62 bits per heavy atom. The molecule has 0 saturated heterocycles. The molecule has 6 heteroatoms. The van der Waals surface area contributed by atoms with Crippen molar-refractivity contribution in [2.75, 3.05) is 6.61 Å². The number of hydrogen-bond donors (Lipinski definition) is 1. The summed E-state index contributed by atoms with van der Waals surface area (Å²) < 4.78 is 10.3. The third-order valence-electron chi connectivity index (χ3n) is 3.25. The van der Waals surface area contributed by atoms with Crippen LogP contribution in [0.3, 0.4) is 0 Å². The Labute approximate surface area is 122 Å². The molecule has 1 aromatic rings. The molecule has 2 heterocycles. The molecule has 2 atom stereocenters. The molecule has 21 heavy (non-hydrogen) atoms. The standard InChI is InChI=1S/C15H15N3O3/c1-3-20-15(19)12-9(2)21-14(17)11(7-16)13(12)10-5-4-6-18-8-10/h4-6,8,11,13,17H,3H2,1-2H3. The van der Waals surface area contributed by atoms with E-state index in [4.69, 9.17) is 14.9 Å². The van der Waals surface area contributed by atoms with Gasteiger partial charge in [-0.05, 0) is 25.5 Å². The summed E-state index contributed by atoms with van der Waals surface area (Å²) >= 11 is 0. The van der Waals surface area contributed by atoms with Crippen LogP contribution in [0.4, 0.5) is 0 Å². The SMILES string of the molecule is CCOC(=O)C1=C(C)OC(=N)C(C#N)C1c1cccnc1. The highest BCUT2D eigenvalue weighted by atomic mass is 16.5. The van der Waals surface area contributed by atoms with E-state index in [0.717, 1.165) is 0 Å². The van der Waals surface area contributed by atoms with Crippen molar-refractivity contribution < 1.29 is 14.3 Å². The monoisotopic (exact) mass is 285 g/mol. The van der Waals surface area contributed by atoms with Crippen molar-refractivity contribution in [2.45, 2.75) is 19.8 Å². The smallest absolute Gasteiger partial charge is 0.338 e. The van der Waals surface area contributed by atoms with E-state index >= 15 is 0 Å². The predicted octanol–water partition coefficient (Wildman–Crippen LogP) is 2.15. The number of esters is 1. The molecule has 0 saturated carbocycles. The molecule has 0 radical (unpaired) electrons. The number of aromatic nitrogens is 1. The summed E-state index contributed by atoms with van der Waals surface area (Å²) in [4.78, 5) is 16.2. The van der Waals surface area contributed by atoms with Gasteiger partial charge in [0, 0.05) is 18.3 Å². The van der Waals surface area contributed by atoms with Gasteiger partial charge in [0.1, 0.15) is 11.7 Å². The van der Waals surface area contributed by atoms with Gasteiger partial charge in [-0.1, -0.05) is 6.07 Å². The molecule has 1 aromatic heterocycles. The first-order chi connectivity index (χ1) is 10.1. The van der Waals surface area contributed by atoms with Crippen LogP contribution in [-0.4, -0.2) is 23.5 Å². The highest BCUT2D eigenvalue weighted by Crippen LogP contribution is 2.39. The van der Waals surface area contributed by atoms with Crippen molar-refractivity contribution in [1.29, 1.82) is 10.7 Å². The van der Waals surface area contributed by atoms with E-state index in [1.807, 2.05) is 6.07 Å². The number of hydrogen-bond acceptors (Lipinski definition) is 6. The molecule has 1 N–H and O–H groups in total. The molecular formula is C15H15N3O3. The fourth-order valence-corrected chi connectivity index (χ4v) is 2.35. The predicted molar refractivity (Wildman–Crippen MR) is 74.2 cm³/mol. The highest BCUT2D eigenvalue weighted by Gasteiger charge is 2.41. The maximum atomic E-state index is 12.2. The zero-order valence-corrected chi connectivity index (χ0v) is 11.8. The Morgan fingerprint density at radius 3 is 2.95 bits per heavy atom. The van der Waals surface area contributed by atoms with Gasteiger partial charge < -0.3 is 9.47 Å². The average Bonchev–Trinajstić information content (AvgIpc) is 2.47. The number of carbonyl (C=O) groups is 1. The van der Waals surface area contributed by atoms with E-state index < -0.39 is 17.8 Å². The summed E-state index contributed by atoms with van der Waals surface area (Å²) in [7, 11) is 0. The molecule has 1 aliphatic heterocycles. The minimum atomic E-state index is -0.877. The Kier molecular flexibility index (Phi) is 4.33. The number of ether oxygens (including phenoxy) is 2. The van der Waals surface area contributed by atoms with Crippen LogP contribution in [0, 0.1) is 22.7 Å².